The molecule has 1 fully saturated rings. The first-order chi connectivity index (χ1) is 8.79. The minimum Gasteiger partial charge on any atom is -0.351 e. The molecule has 3 aliphatic heterocycles. The van der Waals surface area contributed by atoms with Gasteiger partial charge >= 0.3 is 0 Å². The number of piperazine rings is 1. The van der Waals surface area contributed by atoms with Gasteiger partial charge in [0.05, 0.1) is 12.6 Å². The van der Waals surface area contributed by atoms with Crippen molar-refractivity contribution in [2.24, 2.45) is 9.98 Å². The van der Waals surface area contributed by atoms with Gasteiger partial charge in [-0.05, 0) is 13.5 Å². The molecule has 3 rings (SSSR count). The average Bonchev–Trinajstić information content (AvgIpc) is 2.81. The van der Waals surface area contributed by atoms with Crippen molar-refractivity contribution in [2.45, 2.75) is 19.9 Å². The summed E-state index contributed by atoms with van der Waals surface area (Å²) >= 11 is 0. The molecule has 5 heteroatoms. The number of hydrogen-bond donors (Lipinski definition) is 0. The molecular formula is C13H21N5. The van der Waals surface area contributed by atoms with Gasteiger partial charge in [0.15, 0.2) is 11.7 Å². The summed E-state index contributed by atoms with van der Waals surface area (Å²) in [5.41, 5.74) is 0. The third kappa shape index (κ3) is 1.92. The average molecular weight is 247 g/mol. The van der Waals surface area contributed by atoms with E-state index in [-0.39, 0.29) is 0 Å². The molecule has 0 aliphatic carbocycles. The van der Waals surface area contributed by atoms with Crippen LogP contribution in [0.15, 0.2) is 22.4 Å². The molecule has 18 heavy (non-hydrogen) atoms. The number of nitrogens with zero attached hydrogens (tertiary/aromatic N) is 5. The molecule has 98 valence electrons. The molecule has 1 saturated heterocycles. The van der Waals surface area contributed by atoms with Gasteiger partial charge in [-0.25, -0.2) is 4.99 Å². The van der Waals surface area contributed by atoms with Gasteiger partial charge < -0.3 is 14.7 Å². The second kappa shape index (κ2) is 4.72. The first-order valence-electron chi connectivity index (χ1n) is 6.84. The molecular weight excluding hydrogens is 226 g/mol. The zero-order valence-electron chi connectivity index (χ0n) is 11.2. The lowest BCUT2D eigenvalue weighted by atomic mass is 10.2. The Morgan fingerprint density at radius 1 is 1.22 bits per heavy atom. The van der Waals surface area contributed by atoms with E-state index in [9.17, 15) is 0 Å². The summed E-state index contributed by atoms with van der Waals surface area (Å²) in [4.78, 5) is 16.3. The predicted octanol–water partition coefficient (Wildman–Crippen LogP) is 0.610. The van der Waals surface area contributed by atoms with Gasteiger partial charge in [0.2, 0.25) is 0 Å². The highest BCUT2D eigenvalue weighted by Gasteiger charge is 2.31. The highest BCUT2D eigenvalue weighted by molar-refractivity contribution is 6.41. The lowest BCUT2D eigenvalue weighted by Gasteiger charge is -2.37. The van der Waals surface area contributed by atoms with Crippen molar-refractivity contribution in [3.63, 3.8) is 0 Å². The van der Waals surface area contributed by atoms with Gasteiger partial charge in [0.25, 0.3) is 0 Å². The highest BCUT2D eigenvalue weighted by Crippen LogP contribution is 2.18. The number of fused-ring (bicyclic) bond motifs is 1. The predicted molar refractivity (Wildman–Crippen MR) is 73.9 cm³/mol. The van der Waals surface area contributed by atoms with E-state index in [0.29, 0.717) is 6.04 Å². The molecule has 5 nitrogen and oxygen atoms in total. The second-order valence-electron chi connectivity index (χ2n) is 5.09. The summed E-state index contributed by atoms with van der Waals surface area (Å²) in [5.74, 6) is 2.13. The van der Waals surface area contributed by atoms with Crippen LogP contribution in [0.25, 0.3) is 0 Å². The zero-order valence-corrected chi connectivity index (χ0v) is 11.2. The Kier molecular flexibility index (Phi) is 3.07. The molecule has 3 aliphatic rings. The molecule has 0 amide bonds. The minimum absolute atomic E-state index is 0.471. The Morgan fingerprint density at radius 3 is 2.72 bits per heavy atom. The summed E-state index contributed by atoms with van der Waals surface area (Å²) in [5, 5.41) is 0. The quantitative estimate of drug-likeness (QED) is 0.681. The Hall–Kier alpha value is -1.36. The number of rotatable bonds is 1. The van der Waals surface area contributed by atoms with E-state index in [1.165, 1.54) is 0 Å². The number of hydrogen-bond acceptors (Lipinski definition) is 5. The van der Waals surface area contributed by atoms with Crippen LogP contribution in [0, 0.1) is 0 Å². The normalized spacial score (nSPS) is 28.2. The van der Waals surface area contributed by atoms with Crippen LogP contribution in [-0.4, -0.2) is 71.7 Å². The second-order valence-corrected chi connectivity index (χ2v) is 5.09. The molecule has 1 atom stereocenters. The van der Waals surface area contributed by atoms with Crippen molar-refractivity contribution in [2.75, 3.05) is 39.3 Å². The van der Waals surface area contributed by atoms with Crippen LogP contribution in [-0.2, 0) is 0 Å². The monoisotopic (exact) mass is 247 g/mol. The van der Waals surface area contributed by atoms with Crippen LogP contribution in [0.2, 0.25) is 0 Å². The SMILES string of the molecule is CCN1CCN(C2=NC=CN3C2=NCC3C)CC1. The van der Waals surface area contributed by atoms with Crippen molar-refractivity contribution in [1.29, 1.82) is 0 Å². The highest BCUT2D eigenvalue weighted by atomic mass is 15.4. The molecule has 0 spiro atoms. The van der Waals surface area contributed by atoms with Gasteiger partial charge in [-0.2, -0.15) is 0 Å². The molecule has 1 unspecified atom stereocenters. The summed E-state index contributed by atoms with van der Waals surface area (Å²) in [7, 11) is 0. The van der Waals surface area contributed by atoms with E-state index in [0.717, 1.165) is 50.9 Å². The van der Waals surface area contributed by atoms with Gasteiger partial charge in [-0.1, -0.05) is 6.92 Å². The number of likely N-dealkylation sites (N-methyl/N-ethyl adjacent to an activating group) is 1. The first-order valence-corrected chi connectivity index (χ1v) is 6.84. The van der Waals surface area contributed by atoms with Crippen molar-refractivity contribution < 1.29 is 0 Å². The van der Waals surface area contributed by atoms with E-state index in [1.807, 2.05) is 12.4 Å². The Bertz CT molecular complexity index is 404. The number of aliphatic imine (C=N–C) groups is 2. The van der Waals surface area contributed by atoms with Crippen LogP contribution < -0.4 is 0 Å². The maximum absolute atomic E-state index is 4.64. The van der Waals surface area contributed by atoms with Crippen LogP contribution in [0.5, 0.6) is 0 Å². The summed E-state index contributed by atoms with van der Waals surface area (Å²) < 4.78 is 0. The zero-order chi connectivity index (χ0) is 12.5. The first kappa shape index (κ1) is 11.7. The molecule has 0 radical (unpaired) electrons. The van der Waals surface area contributed by atoms with Gasteiger partial charge in [-0.3, -0.25) is 4.99 Å². The van der Waals surface area contributed by atoms with Crippen LogP contribution in [0.1, 0.15) is 13.8 Å². The fourth-order valence-corrected chi connectivity index (χ4v) is 2.73. The summed E-state index contributed by atoms with van der Waals surface area (Å²) in [6, 6.07) is 0.471. The Balaban J connectivity index is 1.73. The van der Waals surface area contributed by atoms with Crippen molar-refractivity contribution in [3.05, 3.63) is 12.4 Å². The van der Waals surface area contributed by atoms with Crippen LogP contribution >= 0.6 is 0 Å². The fourth-order valence-electron chi connectivity index (χ4n) is 2.73. The topological polar surface area (TPSA) is 34.4 Å². The van der Waals surface area contributed by atoms with E-state index in [2.05, 4.69) is 38.5 Å². The summed E-state index contributed by atoms with van der Waals surface area (Å²) in [6.07, 6.45) is 3.95. The van der Waals surface area contributed by atoms with E-state index < -0.39 is 0 Å². The van der Waals surface area contributed by atoms with Gasteiger partial charge in [-0.15, -0.1) is 0 Å². The third-order valence-corrected chi connectivity index (χ3v) is 3.97. The molecule has 0 bridgehead atoms. The van der Waals surface area contributed by atoms with E-state index in [4.69, 9.17) is 0 Å². The van der Waals surface area contributed by atoms with E-state index in [1.54, 1.807) is 0 Å². The van der Waals surface area contributed by atoms with Crippen LogP contribution in [0.4, 0.5) is 0 Å². The fraction of sp³-hybridized carbons (Fsp3) is 0.692. The molecule has 0 aromatic carbocycles. The van der Waals surface area contributed by atoms with Crippen molar-refractivity contribution >= 4 is 11.7 Å². The van der Waals surface area contributed by atoms with Crippen molar-refractivity contribution in [3.8, 4) is 0 Å². The molecule has 0 aromatic rings. The Labute approximate surface area is 108 Å². The molecule has 3 heterocycles. The molecule has 0 saturated carbocycles. The van der Waals surface area contributed by atoms with Gasteiger partial charge in [0.1, 0.15) is 0 Å². The van der Waals surface area contributed by atoms with E-state index >= 15 is 0 Å². The van der Waals surface area contributed by atoms with Crippen molar-refractivity contribution in [1.82, 2.24) is 14.7 Å². The standard InChI is InChI=1S/C13H21N5/c1-3-16-6-8-17(9-7-16)12-13-15-10-11(2)18(13)5-4-14-12/h4-5,11H,3,6-10H2,1-2H3. The molecule has 0 aromatic heterocycles. The Morgan fingerprint density at radius 2 is 2.00 bits per heavy atom. The molecule has 0 N–H and O–H groups in total. The minimum atomic E-state index is 0.471. The van der Waals surface area contributed by atoms with Gasteiger partial charge in [0, 0.05) is 38.6 Å². The third-order valence-electron chi connectivity index (χ3n) is 3.97. The van der Waals surface area contributed by atoms with Crippen LogP contribution in [0.3, 0.4) is 0 Å². The maximum atomic E-state index is 4.64. The number of amidine groups is 2. The summed E-state index contributed by atoms with van der Waals surface area (Å²) in [6.45, 7) is 10.8. The lowest BCUT2D eigenvalue weighted by Crippen LogP contribution is -2.53. The largest absolute Gasteiger partial charge is 0.351 e. The lowest BCUT2D eigenvalue weighted by molar-refractivity contribution is 0.190. The smallest absolute Gasteiger partial charge is 0.172 e. The maximum Gasteiger partial charge on any atom is 0.172 e.